The molecule has 0 bridgehead atoms. The first-order valence-electron chi connectivity index (χ1n) is 10.4. The van der Waals surface area contributed by atoms with E-state index in [4.69, 9.17) is 9.84 Å². The molecular weight excluding hydrogens is 414 g/mol. The molecule has 0 fully saturated rings. The number of pyridine rings is 1. The third kappa shape index (κ3) is 5.11. The summed E-state index contributed by atoms with van der Waals surface area (Å²) in [5.74, 6) is -2.58. The molecule has 0 saturated carbocycles. The minimum absolute atomic E-state index is 0.0148. The van der Waals surface area contributed by atoms with Gasteiger partial charge in [-0.2, -0.15) is 0 Å². The summed E-state index contributed by atoms with van der Waals surface area (Å²) in [6.45, 7) is 3.40. The van der Waals surface area contributed by atoms with Crippen LogP contribution in [0.1, 0.15) is 60.5 Å². The molecular formula is C23H25N3O6. The second-order valence-electron chi connectivity index (χ2n) is 7.48. The SMILES string of the molecule is CCCOC(=O)[C@H](CCCC(=O)O)NC(=O)c1cc2c([nH]c3ccccc32)c(C(C)=O)n1. The van der Waals surface area contributed by atoms with E-state index in [0.29, 0.717) is 17.3 Å². The summed E-state index contributed by atoms with van der Waals surface area (Å²) in [7, 11) is 0. The van der Waals surface area contributed by atoms with Gasteiger partial charge in [-0.05, 0) is 31.4 Å². The van der Waals surface area contributed by atoms with Gasteiger partial charge in [-0.25, -0.2) is 9.78 Å². The zero-order valence-electron chi connectivity index (χ0n) is 17.9. The maximum Gasteiger partial charge on any atom is 0.328 e. The maximum atomic E-state index is 13.0. The zero-order chi connectivity index (χ0) is 23.3. The summed E-state index contributed by atoms with van der Waals surface area (Å²) in [6, 6.07) is 8.00. The molecule has 2 aromatic heterocycles. The number of amides is 1. The van der Waals surface area contributed by atoms with Crippen molar-refractivity contribution in [3.63, 3.8) is 0 Å². The Morgan fingerprint density at radius 3 is 2.62 bits per heavy atom. The minimum atomic E-state index is -1.02. The Kier molecular flexibility index (Phi) is 7.19. The largest absolute Gasteiger partial charge is 0.481 e. The van der Waals surface area contributed by atoms with Crippen LogP contribution in [0.2, 0.25) is 0 Å². The highest BCUT2D eigenvalue weighted by molar-refractivity contribution is 6.15. The van der Waals surface area contributed by atoms with Gasteiger partial charge in [0.15, 0.2) is 5.78 Å². The highest BCUT2D eigenvalue weighted by Gasteiger charge is 2.25. The van der Waals surface area contributed by atoms with E-state index in [1.54, 1.807) is 6.07 Å². The van der Waals surface area contributed by atoms with Gasteiger partial charge in [0, 0.05) is 29.6 Å². The standard InChI is InChI=1S/C23H25N3O6/c1-3-11-32-23(31)17(9-6-10-19(28)29)26-22(30)18-12-15-14-7-4-5-8-16(14)24-21(15)20(25-18)13(2)27/h4-5,7-8,12,17,24H,3,6,9-11H2,1-2H3,(H,26,30)(H,28,29)/t17-/m0/s1. The molecule has 0 saturated heterocycles. The minimum Gasteiger partial charge on any atom is -0.481 e. The zero-order valence-corrected chi connectivity index (χ0v) is 17.9. The van der Waals surface area contributed by atoms with Crippen LogP contribution >= 0.6 is 0 Å². The van der Waals surface area contributed by atoms with Crippen molar-refractivity contribution in [2.45, 2.75) is 45.6 Å². The number of Topliss-reactive ketones (excluding diaryl/α,β-unsaturated/α-hetero) is 1. The number of benzene rings is 1. The number of carboxylic acids is 1. The molecule has 9 nitrogen and oxygen atoms in total. The number of aliphatic carboxylic acids is 1. The first-order chi connectivity index (χ1) is 15.3. The Morgan fingerprint density at radius 1 is 1.19 bits per heavy atom. The number of ketones is 1. The Balaban J connectivity index is 1.93. The summed E-state index contributed by atoms with van der Waals surface area (Å²) in [5.41, 5.74) is 1.45. The summed E-state index contributed by atoms with van der Waals surface area (Å²) >= 11 is 0. The van der Waals surface area contributed by atoms with E-state index in [0.717, 1.165) is 10.9 Å². The molecule has 0 unspecified atom stereocenters. The molecule has 9 heteroatoms. The number of nitrogens with zero attached hydrogens (tertiary/aromatic N) is 1. The van der Waals surface area contributed by atoms with E-state index in [-0.39, 0.29) is 43.0 Å². The molecule has 1 amide bonds. The smallest absolute Gasteiger partial charge is 0.328 e. The normalized spacial score (nSPS) is 11.9. The molecule has 0 radical (unpaired) electrons. The van der Waals surface area contributed by atoms with Crippen molar-refractivity contribution in [3.05, 3.63) is 41.7 Å². The van der Waals surface area contributed by atoms with Crippen LogP contribution in [0.25, 0.3) is 21.8 Å². The monoisotopic (exact) mass is 439 g/mol. The second kappa shape index (κ2) is 10.0. The van der Waals surface area contributed by atoms with Gasteiger partial charge in [-0.1, -0.05) is 25.1 Å². The lowest BCUT2D eigenvalue weighted by Gasteiger charge is -2.17. The molecule has 3 rings (SSSR count). The van der Waals surface area contributed by atoms with E-state index in [9.17, 15) is 19.2 Å². The molecule has 2 heterocycles. The topological polar surface area (TPSA) is 138 Å². The number of aromatic amines is 1. The molecule has 0 aliphatic heterocycles. The number of carbonyl (C=O) groups is 4. The molecule has 1 aromatic carbocycles. The first-order valence-corrected chi connectivity index (χ1v) is 10.4. The van der Waals surface area contributed by atoms with Gasteiger partial charge < -0.3 is 20.1 Å². The molecule has 0 aliphatic rings. The fraction of sp³-hybridized carbons (Fsp3) is 0.348. The summed E-state index contributed by atoms with van der Waals surface area (Å²) in [6.07, 6.45) is 0.772. The van der Waals surface area contributed by atoms with Gasteiger partial charge in [-0.15, -0.1) is 0 Å². The molecule has 0 aliphatic carbocycles. The van der Waals surface area contributed by atoms with Gasteiger partial charge in [-0.3, -0.25) is 14.4 Å². The predicted octanol–water partition coefficient (Wildman–Crippen LogP) is 3.23. The lowest BCUT2D eigenvalue weighted by Crippen LogP contribution is -2.42. The van der Waals surface area contributed by atoms with E-state index in [1.165, 1.54) is 6.92 Å². The fourth-order valence-corrected chi connectivity index (χ4v) is 3.46. The van der Waals surface area contributed by atoms with E-state index in [1.807, 2.05) is 31.2 Å². The van der Waals surface area contributed by atoms with Gasteiger partial charge >= 0.3 is 11.9 Å². The van der Waals surface area contributed by atoms with Crippen LogP contribution in [-0.2, 0) is 14.3 Å². The Bertz CT molecular complexity index is 1180. The number of para-hydroxylation sites is 1. The average Bonchev–Trinajstić information content (AvgIpc) is 3.14. The number of fused-ring (bicyclic) bond motifs is 3. The van der Waals surface area contributed by atoms with Crippen molar-refractivity contribution in [3.8, 4) is 0 Å². The van der Waals surface area contributed by atoms with Crippen LogP contribution in [0.5, 0.6) is 0 Å². The van der Waals surface area contributed by atoms with Crippen LogP contribution in [-0.4, -0.2) is 51.4 Å². The van der Waals surface area contributed by atoms with Crippen molar-refractivity contribution in [2.24, 2.45) is 0 Å². The number of carboxylic acid groups (broad SMARTS) is 1. The summed E-state index contributed by atoms with van der Waals surface area (Å²) < 4.78 is 5.14. The van der Waals surface area contributed by atoms with Gasteiger partial charge in [0.05, 0.1) is 12.1 Å². The highest BCUT2D eigenvalue weighted by Crippen LogP contribution is 2.28. The van der Waals surface area contributed by atoms with E-state index in [2.05, 4.69) is 15.3 Å². The molecule has 0 spiro atoms. The van der Waals surface area contributed by atoms with Crippen molar-refractivity contribution >= 4 is 45.4 Å². The van der Waals surface area contributed by atoms with Crippen LogP contribution in [0.15, 0.2) is 30.3 Å². The molecule has 32 heavy (non-hydrogen) atoms. The Labute approximate surface area is 184 Å². The number of hydrogen-bond acceptors (Lipinski definition) is 6. The lowest BCUT2D eigenvalue weighted by molar-refractivity contribution is -0.146. The number of rotatable bonds is 10. The number of carbonyl (C=O) groups excluding carboxylic acids is 3. The first kappa shape index (κ1) is 22.9. The molecule has 3 N–H and O–H groups in total. The lowest BCUT2D eigenvalue weighted by atomic mass is 10.1. The quantitative estimate of drug-likeness (QED) is 0.326. The number of nitrogens with one attached hydrogen (secondary N) is 2. The van der Waals surface area contributed by atoms with Crippen molar-refractivity contribution < 1.29 is 29.0 Å². The molecule has 1 atom stereocenters. The van der Waals surface area contributed by atoms with Crippen LogP contribution < -0.4 is 5.32 Å². The van der Waals surface area contributed by atoms with E-state index < -0.39 is 23.9 Å². The highest BCUT2D eigenvalue weighted by atomic mass is 16.5. The van der Waals surface area contributed by atoms with Gasteiger partial charge in [0.25, 0.3) is 5.91 Å². The molecule has 168 valence electrons. The van der Waals surface area contributed by atoms with Crippen molar-refractivity contribution in [1.29, 1.82) is 0 Å². The molecule has 3 aromatic rings. The third-order valence-electron chi connectivity index (χ3n) is 4.98. The maximum absolute atomic E-state index is 13.0. The van der Waals surface area contributed by atoms with Crippen LogP contribution in [0.3, 0.4) is 0 Å². The number of ether oxygens (including phenoxy) is 1. The average molecular weight is 439 g/mol. The number of hydrogen-bond donors (Lipinski definition) is 3. The van der Waals surface area contributed by atoms with Crippen LogP contribution in [0.4, 0.5) is 0 Å². The number of aromatic nitrogens is 2. The fourth-order valence-electron chi connectivity index (χ4n) is 3.46. The van der Waals surface area contributed by atoms with Gasteiger partial charge in [0.1, 0.15) is 17.4 Å². The Hall–Kier alpha value is -3.75. The summed E-state index contributed by atoms with van der Waals surface area (Å²) in [5, 5.41) is 13.0. The van der Waals surface area contributed by atoms with Crippen molar-refractivity contribution in [2.75, 3.05) is 6.61 Å². The number of esters is 1. The summed E-state index contributed by atoms with van der Waals surface area (Å²) in [4.78, 5) is 55.8. The Morgan fingerprint density at radius 2 is 1.94 bits per heavy atom. The van der Waals surface area contributed by atoms with E-state index >= 15 is 0 Å². The third-order valence-corrected chi connectivity index (χ3v) is 4.98. The van der Waals surface area contributed by atoms with Crippen LogP contribution in [0, 0.1) is 0 Å². The number of H-pyrrole nitrogens is 1. The second-order valence-corrected chi connectivity index (χ2v) is 7.48. The predicted molar refractivity (Wildman–Crippen MR) is 118 cm³/mol. The van der Waals surface area contributed by atoms with Gasteiger partial charge in [0.2, 0.25) is 0 Å². The van der Waals surface area contributed by atoms with Crippen molar-refractivity contribution in [1.82, 2.24) is 15.3 Å².